The monoisotopic (exact) mass is 174 g/mol. The topological polar surface area (TPSA) is 0 Å². The van der Waals surface area contributed by atoms with Crippen molar-refractivity contribution in [1.82, 2.24) is 0 Å². The van der Waals surface area contributed by atoms with Gasteiger partial charge in [-0.15, -0.1) is 19.3 Å². The highest BCUT2D eigenvalue weighted by molar-refractivity contribution is 5.51. The molecule has 0 aliphatic rings. The Morgan fingerprint density at radius 2 is 1.29 bits per heavy atom. The lowest BCUT2D eigenvalue weighted by molar-refractivity contribution is 1.56. The lowest BCUT2D eigenvalue weighted by atomic mass is 10.1. The van der Waals surface area contributed by atoms with Gasteiger partial charge in [0.05, 0.1) is 0 Å². The minimum absolute atomic E-state index is 0.710. The second-order valence-electron chi connectivity index (χ2n) is 2.48. The molecule has 0 amide bonds. The molecule has 0 aromatic heterocycles. The van der Waals surface area contributed by atoms with Gasteiger partial charge in [0.1, 0.15) is 0 Å². The number of benzene rings is 1. The lowest BCUT2D eigenvalue weighted by Crippen LogP contribution is -1.83. The molecular weight excluding hydrogens is 168 g/mol. The van der Waals surface area contributed by atoms with Crippen molar-refractivity contribution in [2.24, 2.45) is 0 Å². The second-order valence-corrected chi connectivity index (χ2v) is 2.48. The number of rotatable bonds is 0. The van der Waals surface area contributed by atoms with E-state index < -0.39 is 0 Å². The highest BCUT2D eigenvalue weighted by Gasteiger charge is 1.94. The fourth-order valence-corrected chi connectivity index (χ4v) is 0.975. The van der Waals surface area contributed by atoms with Crippen molar-refractivity contribution in [3.05, 3.63) is 34.9 Å². The maximum Gasteiger partial charge on any atom is 0.0280 e. The van der Waals surface area contributed by atoms with Crippen molar-refractivity contribution in [2.45, 2.75) is 0 Å². The molecule has 0 nitrogen and oxygen atoms in total. The molecule has 0 spiro atoms. The van der Waals surface area contributed by atoms with Crippen molar-refractivity contribution >= 4 is 0 Å². The van der Waals surface area contributed by atoms with Gasteiger partial charge < -0.3 is 0 Å². The summed E-state index contributed by atoms with van der Waals surface area (Å²) in [5.41, 5.74) is 2.16. The molecule has 0 N–H and O–H groups in total. The summed E-state index contributed by atoms with van der Waals surface area (Å²) in [6.07, 6.45) is 15.5. The Morgan fingerprint density at radius 1 is 0.786 bits per heavy atom. The highest BCUT2D eigenvalue weighted by Crippen LogP contribution is 2.07. The third-order valence-corrected chi connectivity index (χ3v) is 1.55. The summed E-state index contributed by atoms with van der Waals surface area (Å²) < 4.78 is 0. The van der Waals surface area contributed by atoms with Crippen LogP contribution in [0.15, 0.2) is 18.2 Å². The summed E-state index contributed by atoms with van der Waals surface area (Å²) in [6.45, 7) is 0. The molecule has 14 heavy (non-hydrogen) atoms. The van der Waals surface area contributed by atoms with Gasteiger partial charge >= 0.3 is 0 Å². The van der Waals surface area contributed by atoms with Crippen molar-refractivity contribution in [2.75, 3.05) is 0 Å². The highest BCUT2D eigenvalue weighted by atomic mass is 14.0. The molecule has 1 rings (SSSR count). The zero-order valence-corrected chi connectivity index (χ0v) is 7.46. The summed E-state index contributed by atoms with van der Waals surface area (Å²) in [7, 11) is 0. The molecule has 0 saturated carbocycles. The van der Waals surface area contributed by atoms with Gasteiger partial charge in [-0.1, -0.05) is 17.8 Å². The van der Waals surface area contributed by atoms with E-state index in [-0.39, 0.29) is 0 Å². The SMILES string of the molecule is C#CC#Cc1cc(C#C)cc(C#C)c1. The molecule has 0 fully saturated rings. The van der Waals surface area contributed by atoms with E-state index in [9.17, 15) is 0 Å². The molecule has 0 radical (unpaired) electrons. The first-order valence-electron chi connectivity index (χ1n) is 3.85. The van der Waals surface area contributed by atoms with E-state index in [0.29, 0.717) is 11.1 Å². The summed E-state index contributed by atoms with van der Waals surface area (Å²) >= 11 is 0. The maximum absolute atomic E-state index is 5.26. The van der Waals surface area contributed by atoms with Gasteiger partial charge in [-0.3, -0.25) is 0 Å². The first kappa shape index (κ1) is 9.55. The fraction of sp³-hybridized carbons (Fsp3) is 0. The van der Waals surface area contributed by atoms with Crippen molar-refractivity contribution in [3.8, 4) is 48.9 Å². The second kappa shape index (κ2) is 4.48. The summed E-state index contributed by atoms with van der Waals surface area (Å²) in [4.78, 5) is 0. The normalized spacial score (nSPS) is 7.21. The van der Waals surface area contributed by atoms with E-state index in [4.69, 9.17) is 19.3 Å². The number of terminal acetylenes is 3. The smallest absolute Gasteiger partial charge is 0.0280 e. The predicted molar refractivity (Wildman–Crippen MR) is 58.0 cm³/mol. The molecule has 0 bridgehead atoms. The third-order valence-electron chi connectivity index (χ3n) is 1.55. The molecule has 0 heteroatoms. The molecule has 0 aliphatic carbocycles. The van der Waals surface area contributed by atoms with Gasteiger partial charge in [0.15, 0.2) is 0 Å². The Hall–Kier alpha value is -2.54. The summed E-state index contributed by atoms with van der Waals surface area (Å²) in [5, 5.41) is 0. The summed E-state index contributed by atoms with van der Waals surface area (Å²) in [5.74, 6) is 12.5. The Morgan fingerprint density at radius 3 is 1.71 bits per heavy atom. The average molecular weight is 174 g/mol. The van der Waals surface area contributed by atoms with Crippen LogP contribution in [-0.2, 0) is 0 Å². The quantitative estimate of drug-likeness (QED) is 0.524. The molecular formula is C14H6. The molecule has 62 valence electrons. The summed E-state index contributed by atoms with van der Waals surface area (Å²) in [6, 6.07) is 5.29. The first-order valence-corrected chi connectivity index (χ1v) is 3.85. The standard InChI is InChI=1S/C14H6/c1-4-7-8-14-10-12(5-2)9-13(6-3)11-14/h1-3,9-11H. The zero-order valence-electron chi connectivity index (χ0n) is 7.46. The molecule has 1 aromatic carbocycles. The van der Waals surface area contributed by atoms with E-state index in [1.165, 1.54) is 0 Å². The van der Waals surface area contributed by atoms with Crippen LogP contribution in [0.25, 0.3) is 0 Å². The van der Waals surface area contributed by atoms with Crippen LogP contribution in [0.3, 0.4) is 0 Å². The van der Waals surface area contributed by atoms with Crippen LogP contribution in [0.1, 0.15) is 16.7 Å². The zero-order chi connectivity index (χ0) is 10.4. The van der Waals surface area contributed by atoms with E-state index in [0.717, 1.165) is 5.56 Å². The maximum atomic E-state index is 5.26. The first-order chi connectivity index (χ1) is 6.80. The van der Waals surface area contributed by atoms with Crippen LogP contribution >= 0.6 is 0 Å². The van der Waals surface area contributed by atoms with E-state index in [2.05, 4.69) is 29.6 Å². The van der Waals surface area contributed by atoms with Gasteiger partial charge in [0, 0.05) is 16.7 Å². The van der Waals surface area contributed by atoms with Crippen LogP contribution in [0.5, 0.6) is 0 Å². The predicted octanol–water partition coefficient (Wildman–Crippen LogP) is 1.63. The minimum atomic E-state index is 0.710. The Kier molecular flexibility index (Phi) is 3.05. The van der Waals surface area contributed by atoms with E-state index in [1.807, 2.05) is 0 Å². The van der Waals surface area contributed by atoms with Crippen molar-refractivity contribution in [3.63, 3.8) is 0 Å². The third kappa shape index (κ3) is 2.22. The minimum Gasteiger partial charge on any atom is -0.115 e. The van der Waals surface area contributed by atoms with Crippen molar-refractivity contribution < 1.29 is 0 Å². The lowest BCUT2D eigenvalue weighted by Gasteiger charge is -1.95. The Bertz CT molecular complexity index is 496. The van der Waals surface area contributed by atoms with E-state index >= 15 is 0 Å². The molecule has 1 aromatic rings. The number of hydrogen-bond donors (Lipinski definition) is 0. The van der Waals surface area contributed by atoms with Crippen LogP contribution in [0.4, 0.5) is 0 Å². The van der Waals surface area contributed by atoms with Crippen LogP contribution < -0.4 is 0 Å². The molecule has 0 atom stereocenters. The number of hydrogen-bond acceptors (Lipinski definition) is 0. The fourth-order valence-electron chi connectivity index (χ4n) is 0.975. The van der Waals surface area contributed by atoms with Crippen LogP contribution in [-0.4, -0.2) is 0 Å². The van der Waals surface area contributed by atoms with Gasteiger partial charge in [-0.2, -0.15) is 0 Å². The largest absolute Gasteiger partial charge is 0.115 e. The molecule has 0 heterocycles. The van der Waals surface area contributed by atoms with E-state index in [1.54, 1.807) is 18.2 Å². The molecule has 0 saturated heterocycles. The van der Waals surface area contributed by atoms with Crippen LogP contribution in [0, 0.1) is 48.9 Å². The van der Waals surface area contributed by atoms with Crippen LogP contribution in [0.2, 0.25) is 0 Å². The van der Waals surface area contributed by atoms with Gasteiger partial charge in [0.2, 0.25) is 0 Å². The van der Waals surface area contributed by atoms with Gasteiger partial charge in [-0.05, 0) is 30.0 Å². The van der Waals surface area contributed by atoms with Gasteiger partial charge in [0.25, 0.3) is 0 Å². The van der Waals surface area contributed by atoms with Gasteiger partial charge in [-0.25, -0.2) is 0 Å². The van der Waals surface area contributed by atoms with Crippen molar-refractivity contribution in [1.29, 1.82) is 0 Å². The average Bonchev–Trinajstić information content (AvgIpc) is 2.25. The molecule has 0 unspecified atom stereocenters. The Labute approximate surface area is 84.3 Å². The molecule has 0 aliphatic heterocycles. The Balaban J connectivity index is 3.29.